The molecule has 2 heterocycles. The van der Waals surface area contributed by atoms with Gasteiger partial charge in [-0.2, -0.15) is 0 Å². The normalized spacial score (nSPS) is 20.4. The van der Waals surface area contributed by atoms with Crippen LogP contribution in [0.2, 0.25) is 0 Å². The smallest absolute Gasteiger partial charge is 0.231 e. The molecule has 2 aliphatic rings. The minimum atomic E-state index is 0.231. The van der Waals surface area contributed by atoms with E-state index in [-0.39, 0.29) is 12.6 Å². The van der Waals surface area contributed by atoms with Crippen molar-refractivity contribution in [3.05, 3.63) is 46.5 Å². The van der Waals surface area contributed by atoms with E-state index in [0.29, 0.717) is 6.79 Å². The van der Waals surface area contributed by atoms with Gasteiger partial charge in [0.2, 0.25) is 6.79 Å². The molecule has 124 valence electrons. The van der Waals surface area contributed by atoms with E-state index in [9.17, 15) is 0 Å². The van der Waals surface area contributed by atoms with Crippen LogP contribution in [0.5, 0.6) is 11.5 Å². The fourth-order valence-electron chi connectivity index (χ4n) is 3.08. The van der Waals surface area contributed by atoms with E-state index in [0.717, 1.165) is 48.3 Å². The number of halogens is 1. The van der Waals surface area contributed by atoms with E-state index in [1.165, 1.54) is 11.1 Å². The maximum atomic E-state index is 8.99. The van der Waals surface area contributed by atoms with Crippen LogP contribution in [-0.4, -0.2) is 36.0 Å². The number of hydrogen-bond acceptors (Lipinski definition) is 4. The fraction of sp³-hybridized carbons (Fsp3) is 0.444. The van der Waals surface area contributed by atoms with Crippen molar-refractivity contribution in [2.45, 2.75) is 31.8 Å². The molecule has 0 radical (unpaired) electrons. The van der Waals surface area contributed by atoms with Crippen molar-refractivity contribution in [3.63, 3.8) is 0 Å². The molecule has 5 heteroatoms. The van der Waals surface area contributed by atoms with Gasteiger partial charge in [-0.05, 0) is 37.0 Å². The molecule has 23 heavy (non-hydrogen) atoms. The van der Waals surface area contributed by atoms with Gasteiger partial charge in [0.25, 0.3) is 0 Å². The number of ether oxygens (including phenoxy) is 2. The Morgan fingerprint density at radius 2 is 2.13 bits per heavy atom. The summed E-state index contributed by atoms with van der Waals surface area (Å²) in [6.45, 7) is 6.35. The average Bonchev–Trinajstić information content (AvgIpc) is 3.01. The van der Waals surface area contributed by atoms with Crippen LogP contribution in [0, 0.1) is 0 Å². The number of nitrogens with zero attached hydrogens (tertiary/aromatic N) is 1. The molecule has 0 saturated heterocycles. The van der Waals surface area contributed by atoms with Crippen LogP contribution in [0.15, 0.2) is 40.9 Å². The molecule has 2 aliphatic heterocycles. The molecule has 1 aromatic rings. The quantitative estimate of drug-likeness (QED) is 0.766. The summed E-state index contributed by atoms with van der Waals surface area (Å²) < 4.78 is 11.9. The predicted molar refractivity (Wildman–Crippen MR) is 93.7 cm³/mol. The zero-order chi connectivity index (χ0) is 16.2. The van der Waals surface area contributed by atoms with Crippen LogP contribution in [0.25, 0.3) is 0 Å². The van der Waals surface area contributed by atoms with Gasteiger partial charge in [0.05, 0.1) is 0 Å². The first kappa shape index (κ1) is 16.6. The van der Waals surface area contributed by atoms with Crippen LogP contribution in [0.4, 0.5) is 0 Å². The first-order valence-corrected chi connectivity index (χ1v) is 8.75. The van der Waals surface area contributed by atoms with Gasteiger partial charge in [0.1, 0.15) is 0 Å². The van der Waals surface area contributed by atoms with Crippen LogP contribution >= 0.6 is 15.9 Å². The molecule has 3 rings (SSSR count). The van der Waals surface area contributed by atoms with Crippen molar-refractivity contribution in [1.82, 2.24) is 4.90 Å². The minimum absolute atomic E-state index is 0.231. The maximum absolute atomic E-state index is 8.99. The third kappa shape index (κ3) is 3.79. The molecule has 0 amide bonds. The Balaban J connectivity index is 1.73. The van der Waals surface area contributed by atoms with Crippen molar-refractivity contribution in [1.29, 1.82) is 0 Å². The Hall–Kier alpha value is -1.30. The molecule has 1 unspecified atom stereocenters. The molecule has 0 aliphatic carbocycles. The lowest BCUT2D eigenvalue weighted by molar-refractivity contribution is 0.174. The van der Waals surface area contributed by atoms with E-state index >= 15 is 0 Å². The zero-order valence-electron chi connectivity index (χ0n) is 13.1. The molecule has 0 bridgehead atoms. The van der Waals surface area contributed by atoms with Gasteiger partial charge in [-0.15, -0.1) is 6.58 Å². The highest BCUT2D eigenvalue weighted by atomic mass is 79.9. The highest BCUT2D eigenvalue weighted by Crippen LogP contribution is 2.37. The molecule has 0 saturated carbocycles. The number of rotatable bonds is 6. The second kappa shape index (κ2) is 7.51. The first-order chi connectivity index (χ1) is 11.2. The maximum Gasteiger partial charge on any atom is 0.231 e. The Kier molecular flexibility index (Phi) is 5.41. The Morgan fingerprint density at radius 3 is 2.87 bits per heavy atom. The van der Waals surface area contributed by atoms with Gasteiger partial charge in [0.15, 0.2) is 11.5 Å². The lowest BCUT2D eigenvalue weighted by Gasteiger charge is -2.33. The van der Waals surface area contributed by atoms with Gasteiger partial charge in [-0.1, -0.05) is 33.7 Å². The molecular formula is C18H22BrNO3. The molecular weight excluding hydrogens is 358 g/mol. The highest BCUT2D eigenvalue weighted by Gasteiger charge is 2.22. The third-order valence-corrected chi connectivity index (χ3v) is 5.10. The Bertz CT molecular complexity index is 615. The van der Waals surface area contributed by atoms with Crippen molar-refractivity contribution in [3.8, 4) is 11.5 Å². The van der Waals surface area contributed by atoms with E-state index in [2.05, 4.69) is 39.6 Å². The van der Waals surface area contributed by atoms with Gasteiger partial charge < -0.3 is 14.6 Å². The van der Waals surface area contributed by atoms with Gasteiger partial charge in [0, 0.05) is 30.2 Å². The molecule has 0 aromatic heterocycles. The van der Waals surface area contributed by atoms with Crippen molar-refractivity contribution < 1.29 is 14.6 Å². The number of aliphatic hydroxyl groups is 1. The monoisotopic (exact) mass is 379 g/mol. The van der Waals surface area contributed by atoms with Crippen LogP contribution < -0.4 is 9.47 Å². The van der Waals surface area contributed by atoms with Gasteiger partial charge >= 0.3 is 0 Å². The lowest BCUT2D eigenvalue weighted by atomic mass is 9.97. The third-order valence-electron chi connectivity index (χ3n) is 4.36. The first-order valence-electron chi connectivity index (χ1n) is 7.96. The molecule has 4 nitrogen and oxygen atoms in total. The number of benzene rings is 1. The largest absolute Gasteiger partial charge is 0.454 e. The predicted octanol–water partition coefficient (Wildman–Crippen LogP) is 3.64. The zero-order valence-corrected chi connectivity index (χ0v) is 14.7. The van der Waals surface area contributed by atoms with E-state index in [1.807, 2.05) is 12.1 Å². The van der Waals surface area contributed by atoms with Gasteiger partial charge in [-0.25, -0.2) is 0 Å². The average molecular weight is 380 g/mol. The molecule has 1 aromatic carbocycles. The molecule has 0 fully saturated rings. The van der Waals surface area contributed by atoms with Crippen LogP contribution in [0.3, 0.4) is 0 Å². The fourth-order valence-corrected chi connectivity index (χ4v) is 3.53. The Morgan fingerprint density at radius 1 is 1.35 bits per heavy atom. The lowest BCUT2D eigenvalue weighted by Crippen LogP contribution is -2.36. The number of fused-ring (bicyclic) bond motifs is 1. The van der Waals surface area contributed by atoms with Crippen molar-refractivity contribution in [2.24, 2.45) is 0 Å². The van der Waals surface area contributed by atoms with E-state index in [1.54, 1.807) is 0 Å². The van der Waals surface area contributed by atoms with Gasteiger partial charge in [-0.3, -0.25) is 4.90 Å². The minimum Gasteiger partial charge on any atom is -0.454 e. The highest BCUT2D eigenvalue weighted by molar-refractivity contribution is 9.10. The van der Waals surface area contributed by atoms with Crippen molar-refractivity contribution in [2.75, 3.05) is 19.9 Å². The van der Waals surface area contributed by atoms with Crippen LogP contribution in [-0.2, 0) is 6.54 Å². The topological polar surface area (TPSA) is 41.9 Å². The second-order valence-electron chi connectivity index (χ2n) is 5.90. The summed E-state index contributed by atoms with van der Waals surface area (Å²) in [7, 11) is 0. The summed E-state index contributed by atoms with van der Waals surface area (Å²) in [5, 5.41) is 8.99. The summed E-state index contributed by atoms with van der Waals surface area (Å²) in [4.78, 5) is 2.40. The molecule has 0 spiro atoms. The second-order valence-corrected chi connectivity index (χ2v) is 6.75. The molecule has 1 N–H and O–H groups in total. The van der Waals surface area contributed by atoms with Crippen molar-refractivity contribution >= 4 is 15.9 Å². The number of aliphatic hydroxyl groups excluding tert-OH is 1. The standard InChI is InChI=1S/C18H22BrNO3/c1-2-15-8-13(4-3-7-21)5-6-20(15)11-14-9-17-18(10-16(14)19)23-12-22-17/h2,8-10,15,21H,1,3-7,11-12H2. The van der Waals surface area contributed by atoms with E-state index < -0.39 is 0 Å². The molecule has 1 atom stereocenters. The summed E-state index contributed by atoms with van der Waals surface area (Å²) in [6.07, 6.45) is 7.13. The summed E-state index contributed by atoms with van der Waals surface area (Å²) in [6, 6.07) is 4.26. The van der Waals surface area contributed by atoms with E-state index in [4.69, 9.17) is 14.6 Å². The Labute approximate surface area is 145 Å². The summed E-state index contributed by atoms with van der Waals surface area (Å²) >= 11 is 3.63. The van der Waals surface area contributed by atoms with Crippen LogP contribution in [0.1, 0.15) is 24.8 Å². The summed E-state index contributed by atoms with van der Waals surface area (Å²) in [5.41, 5.74) is 2.61. The SMILES string of the molecule is C=CC1C=C(CCCO)CCN1Cc1cc2c(cc1Br)OCO2. The number of hydrogen-bond donors (Lipinski definition) is 1. The summed E-state index contributed by atoms with van der Waals surface area (Å²) in [5.74, 6) is 1.61.